The Balaban J connectivity index is 2.02. The molecule has 0 aliphatic heterocycles. The first kappa shape index (κ1) is 12.9. The van der Waals surface area contributed by atoms with Gasteiger partial charge >= 0.3 is 0 Å². The summed E-state index contributed by atoms with van der Waals surface area (Å²) in [6.07, 6.45) is 3.64. The minimum absolute atomic E-state index is 0.0522. The first-order valence-corrected chi connectivity index (χ1v) is 5.80. The summed E-state index contributed by atoms with van der Waals surface area (Å²) in [7, 11) is 0. The molecule has 0 unspecified atom stereocenters. The number of hydrogen-bond donors (Lipinski definition) is 3. The number of benzene rings is 1. The second kappa shape index (κ2) is 6.38. The van der Waals surface area contributed by atoms with Gasteiger partial charge in [-0.05, 0) is 24.3 Å². The number of aromatic nitrogens is 2. The largest absolute Gasteiger partial charge is 0.395 e. The number of rotatable bonds is 3. The summed E-state index contributed by atoms with van der Waals surface area (Å²) in [5, 5.41) is 11.3. The fourth-order valence-electron chi connectivity index (χ4n) is 1.44. The third-order valence-electron chi connectivity index (χ3n) is 2.35. The van der Waals surface area contributed by atoms with Gasteiger partial charge in [-0.3, -0.25) is 10.1 Å². The molecule has 0 aliphatic rings. The number of nitrogens with zero attached hydrogens (tertiary/aromatic N) is 1. The molecule has 1 amide bonds. The predicted molar refractivity (Wildman–Crippen MR) is 71.6 cm³/mol. The Morgan fingerprint density at radius 3 is 2.79 bits per heavy atom. The van der Waals surface area contributed by atoms with Crippen LogP contribution in [0.1, 0.15) is 22.3 Å². The molecule has 2 aromatic rings. The molecule has 96 valence electrons. The topological polar surface area (TPSA) is 78.0 Å². The zero-order valence-corrected chi connectivity index (χ0v) is 10.2. The summed E-state index contributed by atoms with van der Waals surface area (Å²) >= 11 is 0. The Bertz CT molecular complexity index is 592. The molecular weight excluding hydrogens is 242 g/mol. The van der Waals surface area contributed by atoms with Crippen molar-refractivity contribution in [3.8, 4) is 11.8 Å². The Labute approximate surface area is 110 Å². The molecule has 0 aliphatic carbocycles. The van der Waals surface area contributed by atoms with Crippen LogP contribution >= 0.6 is 0 Å². The number of nitrogens with one attached hydrogen (secondary N) is 2. The average Bonchev–Trinajstić information content (AvgIpc) is 2.93. The standard InChI is InChI=1S/C14H13N3O2/c18-10-2-1-3-11-4-6-12(7-5-11)13(19)17-14-15-8-9-16-14/h4-9,18H,2,10H2,(H2,15,16,17,19). The smallest absolute Gasteiger partial charge is 0.257 e. The van der Waals surface area contributed by atoms with Crippen molar-refractivity contribution in [2.45, 2.75) is 6.42 Å². The molecule has 1 aromatic carbocycles. The summed E-state index contributed by atoms with van der Waals surface area (Å²) in [5.41, 5.74) is 1.34. The summed E-state index contributed by atoms with van der Waals surface area (Å²) in [6, 6.07) is 6.92. The van der Waals surface area contributed by atoms with Crippen molar-refractivity contribution < 1.29 is 9.90 Å². The van der Waals surface area contributed by atoms with E-state index in [0.29, 0.717) is 17.9 Å². The molecule has 0 fully saturated rings. The van der Waals surface area contributed by atoms with Gasteiger partial charge in [-0.15, -0.1) is 0 Å². The van der Waals surface area contributed by atoms with Crippen molar-refractivity contribution in [3.05, 3.63) is 47.8 Å². The Hall–Kier alpha value is -2.58. The fraction of sp³-hybridized carbons (Fsp3) is 0.143. The van der Waals surface area contributed by atoms with Gasteiger partial charge in [-0.25, -0.2) is 4.98 Å². The molecule has 19 heavy (non-hydrogen) atoms. The SMILES string of the molecule is O=C(Nc1ncc[nH]1)c1ccc(C#CCCO)cc1. The predicted octanol–water partition coefficient (Wildman–Crippen LogP) is 1.40. The lowest BCUT2D eigenvalue weighted by atomic mass is 10.1. The fourth-order valence-corrected chi connectivity index (χ4v) is 1.44. The van der Waals surface area contributed by atoms with E-state index in [-0.39, 0.29) is 12.5 Å². The molecule has 0 saturated carbocycles. The van der Waals surface area contributed by atoms with Gasteiger partial charge in [0.25, 0.3) is 5.91 Å². The molecule has 5 heteroatoms. The van der Waals surface area contributed by atoms with Crippen LogP contribution < -0.4 is 5.32 Å². The first-order chi connectivity index (χ1) is 9.29. The zero-order chi connectivity index (χ0) is 13.5. The van der Waals surface area contributed by atoms with Gasteiger partial charge in [-0.1, -0.05) is 11.8 Å². The van der Waals surface area contributed by atoms with Crippen molar-refractivity contribution in [1.29, 1.82) is 0 Å². The van der Waals surface area contributed by atoms with Crippen molar-refractivity contribution in [3.63, 3.8) is 0 Å². The minimum atomic E-state index is -0.232. The molecular formula is C14H13N3O2. The maximum atomic E-state index is 11.8. The summed E-state index contributed by atoms with van der Waals surface area (Å²) < 4.78 is 0. The maximum absolute atomic E-state index is 11.8. The number of aliphatic hydroxyl groups is 1. The second-order valence-electron chi connectivity index (χ2n) is 3.74. The van der Waals surface area contributed by atoms with Crippen molar-refractivity contribution in [2.24, 2.45) is 0 Å². The van der Waals surface area contributed by atoms with Gasteiger partial charge in [-0.2, -0.15) is 0 Å². The van der Waals surface area contributed by atoms with Gasteiger partial charge in [0, 0.05) is 29.9 Å². The van der Waals surface area contributed by atoms with Crippen LogP contribution in [0.2, 0.25) is 0 Å². The van der Waals surface area contributed by atoms with Crippen LogP contribution in [0.25, 0.3) is 0 Å². The molecule has 0 spiro atoms. The molecule has 5 nitrogen and oxygen atoms in total. The maximum Gasteiger partial charge on any atom is 0.257 e. The van der Waals surface area contributed by atoms with Crippen LogP contribution in [0.15, 0.2) is 36.7 Å². The van der Waals surface area contributed by atoms with E-state index in [1.807, 2.05) is 0 Å². The zero-order valence-electron chi connectivity index (χ0n) is 10.2. The quantitative estimate of drug-likeness (QED) is 0.725. The van der Waals surface area contributed by atoms with Crippen LogP contribution in [0.5, 0.6) is 0 Å². The highest BCUT2D eigenvalue weighted by atomic mass is 16.2. The molecule has 1 heterocycles. The number of imidazole rings is 1. The number of H-pyrrole nitrogens is 1. The summed E-state index contributed by atoms with van der Waals surface area (Å²) in [6.45, 7) is 0.0522. The van der Waals surface area contributed by atoms with Crippen molar-refractivity contribution >= 4 is 11.9 Å². The monoisotopic (exact) mass is 255 g/mol. The van der Waals surface area contributed by atoms with E-state index in [1.165, 1.54) is 0 Å². The van der Waals surface area contributed by atoms with E-state index in [2.05, 4.69) is 27.1 Å². The molecule has 1 aromatic heterocycles. The highest BCUT2D eigenvalue weighted by Gasteiger charge is 2.06. The number of aliphatic hydroxyl groups excluding tert-OH is 1. The average molecular weight is 255 g/mol. The number of carbonyl (C=O) groups excluding carboxylic acids is 1. The van der Waals surface area contributed by atoms with Crippen molar-refractivity contribution in [1.82, 2.24) is 9.97 Å². The lowest BCUT2D eigenvalue weighted by molar-refractivity contribution is 0.102. The number of carbonyl (C=O) groups is 1. The highest BCUT2D eigenvalue weighted by molar-refractivity contribution is 6.03. The van der Waals surface area contributed by atoms with Gasteiger partial charge in [0.15, 0.2) is 0 Å². The lowest BCUT2D eigenvalue weighted by Gasteiger charge is -2.01. The molecule has 2 rings (SSSR count). The minimum Gasteiger partial charge on any atom is -0.395 e. The number of anilines is 1. The third kappa shape index (κ3) is 3.69. The van der Waals surface area contributed by atoms with Crippen LogP contribution in [0, 0.1) is 11.8 Å². The van der Waals surface area contributed by atoms with E-state index < -0.39 is 0 Å². The Morgan fingerprint density at radius 2 is 2.16 bits per heavy atom. The van der Waals surface area contributed by atoms with Gasteiger partial charge in [0.2, 0.25) is 5.95 Å². The molecule has 0 atom stereocenters. The Kier molecular flexibility index (Phi) is 4.32. The second-order valence-corrected chi connectivity index (χ2v) is 3.74. The van der Waals surface area contributed by atoms with E-state index >= 15 is 0 Å². The van der Waals surface area contributed by atoms with E-state index in [1.54, 1.807) is 36.7 Å². The third-order valence-corrected chi connectivity index (χ3v) is 2.35. The van der Waals surface area contributed by atoms with Gasteiger partial charge in [0.05, 0.1) is 6.61 Å². The normalized spacial score (nSPS) is 9.53. The van der Waals surface area contributed by atoms with Crippen LogP contribution in [0.4, 0.5) is 5.95 Å². The van der Waals surface area contributed by atoms with Crippen LogP contribution in [-0.2, 0) is 0 Å². The summed E-state index contributed by atoms with van der Waals surface area (Å²) in [5.74, 6) is 5.90. The molecule has 0 radical (unpaired) electrons. The number of hydrogen-bond acceptors (Lipinski definition) is 3. The van der Waals surface area contributed by atoms with Crippen molar-refractivity contribution in [2.75, 3.05) is 11.9 Å². The van der Waals surface area contributed by atoms with E-state index in [4.69, 9.17) is 5.11 Å². The molecule has 0 saturated heterocycles. The van der Waals surface area contributed by atoms with E-state index in [9.17, 15) is 4.79 Å². The number of amides is 1. The van der Waals surface area contributed by atoms with Crippen LogP contribution in [-0.4, -0.2) is 27.6 Å². The van der Waals surface area contributed by atoms with E-state index in [0.717, 1.165) is 5.56 Å². The van der Waals surface area contributed by atoms with Gasteiger partial charge < -0.3 is 10.1 Å². The first-order valence-electron chi connectivity index (χ1n) is 5.80. The Morgan fingerprint density at radius 1 is 1.37 bits per heavy atom. The highest BCUT2D eigenvalue weighted by Crippen LogP contribution is 2.06. The lowest BCUT2D eigenvalue weighted by Crippen LogP contribution is -2.12. The van der Waals surface area contributed by atoms with Crippen LogP contribution in [0.3, 0.4) is 0 Å². The molecule has 0 bridgehead atoms. The summed E-state index contributed by atoms with van der Waals surface area (Å²) in [4.78, 5) is 18.6. The number of aromatic amines is 1. The molecule has 3 N–H and O–H groups in total. The van der Waals surface area contributed by atoms with Gasteiger partial charge in [0.1, 0.15) is 0 Å².